The predicted molar refractivity (Wildman–Crippen MR) is 65.7 cm³/mol. The van der Waals surface area contributed by atoms with Crippen molar-refractivity contribution in [3.05, 3.63) is 33.4 Å². The first-order chi connectivity index (χ1) is 7.76. The molecule has 0 saturated carbocycles. The Labute approximate surface area is 99.9 Å². The summed E-state index contributed by atoms with van der Waals surface area (Å²) < 4.78 is 25.1. The van der Waals surface area contributed by atoms with Crippen LogP contribution in [-0.2, 0) is 10.0 Å². The summed E-state index contributed by atoms with van der Waals surface area (Å²) in [5.74, 6) is -0.128. The predicted octanol–water partition coefficient (Wildman–Crippen LogP) is 1.97. The van der Waals surface area contributed by atoms with Crippen LogP contribution in [0, 0.1) is 24.0 Å². The van der Waals surface area contributed by atoms with Gasteiger partial charge < -0.3 is 0 Å². The Bertz CT molecular complexity index is 552. The van der Waals surface area contributed by atoms with E-state index in [1.165, 1.54) is 13.0 Å². The number of nitro groups is 1. The minimum absolute atomic E-state index is 0.0225. The SMILES string of the molecule is CCS(=O)(=O)Nc1cc(C)cc(C)c1[N+](=O)[O-]. The molecular formula is C10H14N2O4S. The Hall–Kier alpha value is -1.63. The zero-order chi connectivity index (χ0) is 13.2. The first-order valence-electron chi connectivity index (χ1n) is 5.03. The van der Waals surface area contributed by atoms with E-state index in [-0.39, 0.29) is 17.1 Å². The lowest BCUT2D eigenvalue weighted by Gasteiger charge is -2.09. The average Bonchev–Trinajstić information content (AvgIpc) is 2.14. The summed E-state index contributed by atoms with van der Waals surface area (Å²) in [5, 5.41) is 10.9. The number of nitrogens with one attached hydrogen (secondary N) is 1. The average molecular weight is 258 g/mol. The summed E-state index contributed by atoms with van der Waals surface area (Å²) in [6.07, 6.45) is 0. The van der Waals surface area contributed by atoms with Crippen molar-refractivity contribution in [2.45, 2.75) is 20.8 Å². The molecule has 0 aliphatic rings. The molecule has 1 rings (SSSR count). The first-order valence-corrected chi connectivity index (χ1v) is 6.68. The zero-order valence-electron chi connectivity index (χ0n) is 9.85. The van der Waals surface area contributed by atoms with E-state index in [4.69, 9.17) is 0 Å². The van der Waals surface area contributed by atoms with E-state index in [1.54, 1.807) is 19.9 Å². The Kier molecular flexibility index (Phi) is 3.72. The molecule has 6 nitrogen and oxygen atoms in total. The van der Waals surface area contributed by atoms with Crippen molar-refractivity contribution >= 4 is 21.4 Å². The maximum Gasteiger partial charge on any atom is 0.296 e. The van der Waals surface area contributed by atoms with Crippen molar-refractivity contribution in [2.24, 2.45) is 0 Å². The number of benzene rings is 1. The molecule has 1 aromatic rings. The second-order valence-corrected chi connectivity index (χ2v) is 5.75. The number of nitrogens with zero attached hydrogens (tertiary/aromatic N) is 1. The van der Waals surface area contributed by atoms with E-state index in [2.05, 4.69) is 4.72 Å². The summed E-state index contributed by atoms with van der Waals surface area (Å²) in [6.45, 7) is 4.80. The van der Waals surface area contributed by atoms with Crippen LogP contribution >= 0.6 is 0 Å². The van der Waals surface area contributed by atoms with Gasteiger partial charge in [0.15, 0.2) is 0 Å². The fourth-order valence-electron chi connectivity index (χ4n) is 1.52. The molecule has 94 valence electrons. The molecule has 0 heterocycles. The summed E-state index contributed by atoms with van der Waals surface area (Å²) in [7, 11) is -3.52. The molecule has 0 aromatic heterocycles. The third-order valence-corrected chi connectivity index (χ3v) is 3.56. The number of sulfonamides is 1. The first kappa shape index (κ1) is 13.4. The van der Waals surface area contributed by atoms with Gasteiger partial charge in [0.05, 0.1) is 10.7 Å². The molecule has 0 aliphatic carbocycles. The Morgan fingerprint density at radius 3 is 2.41 bits per heavy atom. The van der Waals surface area contributed by atoms with Crippen molar-refractivity contribution in [2.75, 3.05) is 10.5 Å². The van der Waals surface area contributed by atoms with Crippen molar-refractivity contribution in [1.29, 1.82) is 0 Å². The van der Waals surface area contributed by atoms with Crippen LogP contribution in [0.1, 0.15) is 18.1 Å². The van der Waals surface area contributed by atoms with E-state index in [0.29, 0.717) is 5.56 Å². The van der Waals surface area contributed by atoms with Crippen molar-refractivity contribution in [3.8, 4) is 0 Å². The number of aryl methyl sites for hydroxylation is 2. The number of rotatable bonds is 4. The van der Waals surface area contributed by atoms with Crippen molar-refractivity contribution < 1.29 is 13.3 Å². The van der Waals surface area contributed by atoms with Gasteiger partial charge in [-0.25, -0.2) is 8.42 Å². The molecule has 0 amide bonds. The van der Waals surface area contributed by atoms with Gasteiger partial charge in [0.25, 0.3) is 5.69 Å². The monoisotopic (exact) mass is 258 g/mol. The molecule has 1 N–H and O–H groups in total. The summed E-state index contributed by atoms with van der Waals surface area (Å²) in [5.41, 5.74) is 1.02. The van der Waals surface area contributed by atoms with Gasteiger partial charge in [0.1, 0.15) is 5.69 Å². The highest BCUT2D eigenvalue weighted by molar-refractivity contribution is 7.92. The van der Waals surface area contributed by atoms with Crippen molar-refractivity contribution in [1.82, 2.24) is 0 Å². The highest BCUT2D eigenvalue weighted by Gasteiger charge is 2.21. The number of nitro benzene ring substituents is 1. The van der Waals surface area contributed by atoms with Crippen LogP contribution in [0.3, 0.4) is 0 Å². The molecule has 0 unspecified atom stereocenters. The second-order valence-electron chi connectivity index (χ2n) is 3.74. The van der Waals surface area contributed by atoms with Crippen LogP contribution in [0.2, 0.25) is 0 Å². The third-order valence-electron chi connectivity index (χ3n) is 2.27. The molecule has 0 bridgehead atoms. The highest BCUT2D eigenvalue weighted by Crippen LogP contribution is 2.30. The van der Waals surface area contributed by atoms with E-state index in [9.17, 15) is 18.5 Å². The summed E-state index contributed by atoms with van der Waals surface area (Å²) in [6, 6.07) is 3.10. The van der Waals surface area contributed by atoms with Gasteiger partial charge in [0.2, 0.25) is 10.0 Å². The highest BCUT2D eigenvalue weighted by atomic mass is 32.2. The molecule has 0 aliphatic heterocycles. The summed E-state index contributed by atoms with van der Waals surface area (Å²) in [4.78, 5) is 10.3. The minimum atomic E-state index is -3.52. The van der Waals surface area contributed by atoms with Gasteiger partial charge in [0, 0.05) is 5.56 Å². The molecule has 7 heteroatoms. The van der Waals surface area contributed by atoms with Crippen LogP contribution in [0.4, 0.5) is 11.4 Å². The van der Waals surface area contributed by atoms with Gasteiger partial charge in [-0.3, -0.25) is 14.8 Å². The van der Waals surface area contributed by atoms with E-state index in [1.807, 2.05) is 0 Å². The molecule has 17 heavy (non-hydrogen) atoms. The van der Waals surface area contributed by atoms with Crippen LogP contribution < -0.4 is 4.72 Å². The van der Waals surface area contributed by atoms with Gasteiger partial charge in [-0.1, -0.05) is 0 Å². The lowest BCUT2D eigenvalue weighted by molar-refractivity contribution is -0.384. The fourth-order valence-corrected chi connectivity index (χ4v) is 2.15. The van der Waals surface area contributed by atoms with Gasteiger partial charge in [-0.05, 0) is 38.5 Å². The maximum absolute atomic E-state index is 11.4. The van der Waals surface area contributed by atoms with Crippen LogP contribution in [0.15, 0.2) is 12.1 Å². The van der Waals surface area contributed by atoms with Crippen LogP contribution in [0.5, 0.6) is 0 Å². The number of hydrogen-bond acceptors (Lipinski definition) is 4. The molecule has 0 atom stereocenters. The summed E-state index contributed by atoms with van der Waals surface area (Å²) >= 11 is 0. The van der Waals surface area contributed by atoms with Gasteiger partial charge >= 0.3 is 0 Å². The smallest absolute Gasteiger partial charge is 0.277 e. The van der Waals surface area contributed by atoms with Gasteiger partial charge in [-0.15, -0.1) is 0 Å². The lowest BCUT2D eigenvalue weighted by atomic mass is 10.1. The zero-order valence-corrected chi connectivity index (χ0v) is 10.7. The quantitative estimate of drug-likeness (QED) is 0.660. The topological polar surface area (TPSA) is 89.3 Å². The van der Waals surface area contributed by atoms with E-state index >= 15 is 0 Å². The Balaban J connectivity index is 3.36. The molecule has 0 saturated heterocycles. The fraction of sp³-hybridized carbons (Fsp3) is 0.400. The largest absolute Gasteiger partial charge is 0.296 e. The lowest BCUT2D eigenvalue weighted by Crippen LogP contribution is -2.16. The molecule has 0 fully saturated rings. The van der Waals surface area contributed by atoms with Crippen LogP contribution in [-0.4, -0.2) is 19.1 Å². The third kappa shape index (κ3) is 3.16. The molecular weight excluding hydrogens is 244 g/mol. The van der Waals surface area contributed by atoms with Crippen LogP contribution in [0.25, 0.3) is 0 Å². The molecule has 0 spiro atoms. The minimum Gasteiger partial charge on any atom is -0.277 e. The second kappa shape index (κ2) is 4.70. The number of anilines is 1. The van der Waals surface area contributed by atoms with E-state index < -0.39 is 14.9 Å². The maximum atomic E-state index is 11.4. The Morgan fingerprint density at radius 1 is 1.35 bits per heavy atom. The molecule has 1 aromatic carbocycles. The van der Waals surface area contributed by atoms with Crippen molar-refractivity contribution in [3.63, 3.8) is 0 Å². The van der Waals surface area contributed by atoms with E-state index in [0.717, 1.165) is 5.56 Å². The molecule has 0 radical (unpaired) electrons. The van der Waals surface area contributed by atoms with Gasteiger partial charge in [-0.2, -0.15) is 0 Å². The normalized spacial score (nSPS) is 11.2. The standard InChI is InChI=1S/C10H14N2O4S/c1-4-17(15,16)11-9-6-7(2)5-8(3)10(9)12(13)14/h5-6,11H,4H2,1-3H3. The Morgan fingerprint density at radius 2 is 1.94 bits per heavy atom. The number of hydrogen-bond donors (Lipinski definition) is 1.